The summed E-state index contributed by atoms with van der Waals surface area (Å²) in [6, 6.07) is 4.67. The third-order valence-electron chi connectivity index (χ3n) is 1.67. The molecule has 0 amide bonds. The summed E-state index contributed by atoms with van der Waals surface area (Å²) in [5.74, 6) is 0. The second-order valence-electron chi connectivity index (χ2n) is 2.54. The molecule has 2 nitrogen and oxygen atoms in total. The lowest BCUT2D eigenvalue weighted by Crippen LogP contribution is -1.96. The second-order valence-corrected chi connectivity index (χ2v) is 5.51. The number of aryl methyl sites for hydroxylation is 1. The van der Waals surface area contributed by atoms with Crippen molar-refractivity contribution in [2.45, 2.75) is 18.2 Å². The molecule has 0 saturated carbocycles. The molecular weight excluding hydrogens is 231 g/mol. The first kappa shape index (κ1) is 10.8. The van der Waals surface area contributed by atoms with E-state index in [1.165, 1.54) is 6.07 Å². The van der Waals surface area contributed by atoms with E-state index in [1.807, 2.05) is 6.92 Å². The summed E-state index contributed by atoms with van der Waals surface area (Å²) >= 11 is 5.66. The Hall–Kier alpha value is -0.250. The van der Waals surface area contributed by atoms with Gasteiger partial charge in [-0.25, -0.2) is 8.42 Å². The lowest BCUT2D eigenvalue weighted by atomic mass is 10.2. The maximum atomic E-state index is 11.1. The highest BCUT2D eigenvalue weighted by Crippen LogP contribution is 2.24. The van der Waals surface area contributed by atoms with E-state index >= 15 is 0 Å². The van der Waals surface area contributed by atoms with Gasteiger partial charge >= 0.3 is 0 Å². The molecule has 0 atom stereocenters. The number of rotatable bonds is 2. The van der Waals surface area contributed by atoms with Gasteiger partial charge < -0.3 is 0 Å². The van der Waals surface area contributed by atoms with Crippen LogP contribution in [0.15, 0.2) is 23.1 Å². The van der Waals surface area contributed by atoms with Crippen LogP contribution < -0.4 is 0 Å². The van der Waals surface area contributed by atoms with E-state index in [9.17, 15) is 8.42 Å². The van der Waals surface area contributed by atoms with Crippen molar-refractivity contribution in [2.24, 2.45) is 0 Å². The van der Waals surface area contributed by atoms with E-state index in [0.29, 0.717) is 17.0 Å². The van der Waals surface area contributed by atoms with Gasteiger partial charge in [0.1, 0.15) is 0 Å². The van der Waals surface area contributed by atoms with Crippen molar-refractivity contribution < 1.29 is 8.42 Å². The van der Waals surface area contributed by atoms with Crippen LogP contribution in [-0.4, -0.2) is 8.42 Å². The Kier molecular flexibility index (Phi) is 3.22. The van der Waals surface area contributed by atoms with Crippen molar-refractivity contribution in [1.82, 2.24) is 0 Å². The number of hydrogen-bond acceptors (Lipinski definition) is 2. The molecule has 0 bridgehead atoms. The molecule has 0 unspecified atom stereocenters. The van der Waals surface area contributed by atoms with Crippen LogP contribution in [0.4, 0.5) is 0 Å². The van der Waals surface area contributed by atoms with E-state index in [2.05, 4.69) is 0 Å². The van der Waals surface area contributed by atoms with Crippen LogP contribution in [-0.2, 0) is 15.5 Å². The average molecular weight is 239 g/mol. The number of halogens is 2. The Morgan fingerprint density at radius 3 is 2.46 bits per heavy atom. The molecule has 0 aliphatic rings. The maximum absolute atomic E-state index is 11.1. The van der Waals surface area contributed by atoms with E-state index in [4.69, 9.17) is 22.3 Å². The van der Waals surface area contributed by atoms with Crippen LogP contribution in [0.2, 0.25) is 5.02 Å². The maximum Gasteiger partial charge on any atom is 0.261 e. The third kappa shape index (κ3) is 2.59. The Morgan fingerprint density at radius 2 is 2.00 bits per heavy atom. The van der Waals surface area contributed by atoms with Gasteiger partial charge in [0.25, 0.3) is 9.05 Å². The zero-order valence-electron chi connectivity index (χ0n) is 6.92. The Morgan fingerprint density at radius 1 is 1.38 bits per heavy atom. The molecule has 0 aliphatic heterocycles. The quantitative estimate of drug-likeness (QED) is 0.743. The molecule has 1 rings (SSSR count). The highest BCUT2D eigenvalue weighted by Gasteiger charge is 2.14. The molecule has 0 saturated heterocycles. The minimum atomic E-state index is -3.68. The lowest BCUT2D eigenvalue weighted by molar-refractivity contribution is 0.608. The molecule has 0 spiro atoms. The highest BCUT2D eigenvalue weighted by atomic mass is 35.7. The summed E-state index contributed by atoms with van der Waals surface area (Å²) in [5.41, 5.74) is 0.680. The summed E-state index contributed by atoms with van der Waals surface area (Å²) in [4.78, 5) is 0.101. The average Bonchev–Trinajstić information content (AvgIpc) is 2.03. The molecule has 0 heterocycles. The first-order valence-corrected chi connectivity index (χ1v) is 6.37. The first-order valence-electron chi connectivity index (χ1n) is 3.68. The standard InChI is InChI=1S/C8H8Cl2O2S/c1-2-6-3-4-7(9)5-8(6)13(10,11)12/h3-5H,2H2,1H3. The van der Waals surface area contributed by atoms with Crippen LogP contribution in [0.1, 0.15) is 12.5 Å². The molecular formula is C8H8Cl2O2S. The molecule has 1 aromatic carbocycles. The molecule has 0 aliphatic carbocycles. The molecule has 0 N–H and O–H groups in total. The van der Waals surface area contributed by atoms with E-state index in [-0.39, 0.29) is 4.90 Å². The van der Waals surface area contributed by atoms with Gasteiger partial charge in [0.2, 0.25) is 0 Å². The fourth-order valence-corrected chi connectivity index (χ4v) is 2.51. The van der Waals surface area contributed by atoms with E-state index < -0.39 is 9.05 Å². The van der Waals surface area contributed by atoms with Crippen LogP contribution in [0.3, 0.4) is 0 Å². The monoisotopic (exact) mass is 238 g/mol. The molecule has 1 aromatic rings. The Labute approximate surface area is 86.9 Å². The smallest absolute Gasteiger partial charge is 0.207 e. The van der Waals surface area contributed by atoms with E-state index in [1.54, 1.807) is 12.1 Å². The number of hydrogen-bond donors (Lipinski definition) is 0. The predicted octanol–water partition coefficient (Wildman–Crippen LogP) is 2.83. The van der Waals surface area contributed by atoms with Gasteiger partial charge in [0, 0.05) is 15.7 Å². The van der Waals surface area contributed by atoms with Gasteiger partial charge in [0.05, 0.1) is 4.90 Å². The van der Waals surface area contributed by atoms with Gasteiger partial charge in [-0.1, -0.05) is 24.6 Å². The zero-order valence-corrected chi connectivity index (χ0v) is 9.25. The van der Waals surface area contributed by atoms with Crippen molar-refractivity contribution in [2.75, 3.05) is 0 Å². The summed E-state index contributed by atoms with van der Waals surface area (Å²) in [6.07, 6.45) is 0.610. The fraction of sp³-hybridized carbons (Fsp3) is 0.250. The SMILES string of the molecule is CCc1ccc(Cl)cc1S(=O)(=O)Cl. The molecule has 0 radical (unpaired) electrons. The molecule has 13 heavy (non-hydrogen) atoms. The topological polar surface area (TPSA) is 34.1 Å². The van der Waals surface area contributed by atoms with Crippen molar-refractivity contribution in [3.8, 4) is 0 Å². The van der Waals surface area contributed by atoms with Gasteiger partial charge in [-0.05, 0) is 24.1 Å². The fourth-order valence-electron chi connectivity index (χ4n) is 1.05. The summed E-state index contributed by atoms with van der Waals surface area (Å²) in [7, 11) is 1.55. The van der Waals surface area contributed by atoms with Crippen molar-refractivity contribution in [3.63, 3.8) is 0 Å². The largest absolute Gasteiger partial charge is 0.261 e. The van der Waals surface area contributed by atoms with Gasteiger partial charge in [-0.3, -0.25) is 0 Å². The van der Waals surface area contributed by atoms with Gasteiger partial charge in [-0.15, -0.1) is 0 Å². The van der Waals surface area contributed by atoms with Crippen molar-refractivity contribution in [1.29, 1.82) is 0 Å². The molecule has 72 valence electrons. The minimum Gasteiger partial charge on any atom is -0.207 e. The second kappa shape index (κ2) is 3.86. The predicted molar refractivity (Wildman–Crippen MR) is 53.9 cm³/mol. The van der Waals surface area contributed by atoms with Crippen LogP contribution in [0, 0.1) is 0 Å². The Balaban J connectivity index is 3.41. The molecule has 0 fully saturated rings. The third-order valence-corrected chi connectivity index (χ3v) is 3.31. The van der Waals surface area contributed by atoms with Crippen LogP contribution in [0.5, 0.6) is 0 Å². The van der Waals surface area contributed by atoms with Crippen LogP contribution in [0.25, 0.3) is 0 Å². The van der Waals surface area contributed by atoms with Crippen LogP contribution >= 0.6 is 22.3 Å². The van der Waals surface area contributed by atoms with Crippen molar-refractivity contribution in [3.05, 3.63) is 28.8 Å². The summed E-state index contributed by atoms with van der Waals surface area (Å²) < 4.78 is 22.1. The summed E-state index contributed by atoms with van der Waals surface area (Å²) in [5, 5.41) is 0.372. The van der Waals surface area contributed by atoms with Gasteiger partial charge in [0.15, 0.2) is 0 Å². The Bertz CT molecular complexity index is 412. The minimum absolute atomic E-state index is 0.101. The number of benzene rings is 1. The molecule has 5 heteroatoms. The first-order chi connectivity index (χ1) is 5.95. The van der Waals surface area contributed by atoms with Crippen molar-refractivity contribution >= 4 is 31.3 Å². The summed E-state index contributed by atoms with van der Waals surface area (Å²) in [6.45, 7) is 1.86. The zero-order chi connectivity index (χ0) is 10.1. The highest BCUT2D eigenvalue weighted by molar-refractivity contribution is 8.13. The normalized spacial score (nSPS) is 11.6. The molecule has 0 aromatic heterocycles. The lowest BCUT2D eigenvalue weighted by Gasteiger charge is -2.03. The van der Waals surface area contributed by atoms with Gasteiger partial charge in [-0.2, -0.15) is 0 Å². The van der Waals surface area contributed by atoms with E-state index in [0.717, 1.165) is 0 Å².